The number of quaternary nitrogens is 1. The monoisotopic (exact) mass is 1170 g/mol. The molecule has 10 heteroatoms. The Bertz CT molecular complexity index is 1830. The Kier molecular flexibility index (Phi) is 58.8. The van der Waals surface area contributed by atoms with E-state index in [0.29, 0.717) is 23.9 Å². The van der Waals surface area contributed by atoms with Crippen LogP contribution in [0, 0.1) is 0 Å². The molecule has 0 aliphatic heterocycles. The molecule has 9 nitrogen and oxygen atoms in total. The molecule has 0 radical (unpaired) electrons. The lowest BCUT2D eigenvalue weighted by Crippen LogP contribution is -2.47. The number of rotatable bonds is 60. The van der Waals surface area contributed by atoms with Crippen LogP contribution in [0.1, 0.15) is 278 Å². The van der Waals surface area contributed by atoms with Crippen molar-refractivity contribution in [3.63, 3.8) is 0 Å². The zero-order chi connectivity index (χ0) is 60.7. The minimum absolute atomic E-state index is 0.0337. The third-order valence-corrected chi connectivity index (χ3v) is 15.3. The number of unbranched alkanes of at least 4 members (excludes halogenated alkanes) is 26. The number of hydrogen-bond donors (Lipinski definition) is 1. The number of likely N-dealkylation sites (N-methyl/N-ethyl adjacent to an activating group) is 1. The number of carbonyl (C=O) groups excluding carboxylic acids is 2. The van der Waals surface area contributed by atoms with Gasteiger partial charge in [-0.15, -0.1) is 0 Å². The van der Waals surface area contributed by atoms with Gasteiger partial charge in [-0.2, -0.15) is 0 Å². The van der Waals surface area contributed by atoms with Crippen LogP contribution in [0.2, 0.25) is 0 Å². The summed E-state index contributed by atoms with van der Waals surface area (Å²) in [5.41, 5.74) is 0. The first-order valence-electron chi connectivity index (χ1n) is 33.8. The largest absolute Gasteiger partial charge is 0.756 e. The average molecular weight is 1180 g/mol. The lowest BCUT2D eigenvalue weighted by molar-refractivity contribution is -0.870. The van der Waals surface area contributed by atoms with E-state index in [2.05, 4.69) is 135 Å². The van der Waals surface area contributed by atoms with Crippen LogP contribution in [0.3, 0.4) is 0 Å². The van der Waals surface area contributed by atoms with Crippen molar-refractivity contribution >= 4 is 19.7 Å². The third kappa shape index (κ3) is 62.8. The predicted molar refractivity (Wildman–Crippen MR) is 357 cm³/mol. The molecular weight excluding hydrogens is 1050 g/mol. The number of nitrogens with one attached hydrogen (secondary N) is 1. The molecule has 83 heavy (non-hydrogen) atoms. The molecular formula is C73H127N2O7P. The number of hydrogen-bond acceptors (Lipinski definition) is 7. The highest BCUT2D eigenvalue weighted by molar-refractivity contribution is 7.45. The smallest absolute Gasteiger partial charge is 0.306 e. The van der Waals surface area contributed by atoms with E-state index in [1.54, 1.807) is 0 Å². The molecule has 0 heterocycles. The van der Waals surface area contributed by atoms with Crippen molar-refractivity contribution < 1.29 is 37.3 Å². The van der Waals surface area contributed by atoms with Crippen LogP contribution in [-0.4, -0.2) is 69.4 Å². The second kappa shape index (κ2) is 61.5. The van der Waals surface area contributed by atoms with Crippen LogP contribution in [0.5, 0.6) is 0 Å². The van der Waals surface area contributed by atoms with Gasteiger partial charge in [-0.25, -0.2) is 0 Å². The highest BCUT2D eigenvalue weighted by Crippen LogP contribution is 2.38. The topological polar surface area (TPSA) is 114 Å². The van der Waals surface area contributed by atoms with Gasteiger partial charge >= 0.3 is 5.97 Å². The van der Waals surface area contributed by atoms with Crippen LogP contribution >= 0.6 is 7.82 Å². The van der Waals surface area contributed by atoms with Crippen molar-refractivity contribution in [2.45, 2.75) is 290 Å². The van der Waals surface area contributed by atoms with E-state index in [1.807, 2.05) is 33.3 Å². The minimum Gasteiger partial charge on any atom is -0.756 e. The molecule has 0 fully saturated rings. The molecule has 0 aliphatic rings. The molecule has 476 valence electrons. The second-order valence-electron chi connectivity index (χ2n) is 23.6. The van der Waals surface area contributed by atoms with Gasteiger partial charge in [0.2, 0.25) is 5.91 Å². The Labute approximate surface area is 512 Å². The second-order valence-corrected chi connectivity index (χ2v) is 25.0. The van der Waals surface area contributed by atoms with Gasteiger partial charge in [0.15, 0.2) is 0 Å². The standard InChI is InChI=1S/C73H127N2O7P/c1-7-10-13-16-19-22-25-27-29-31-33-35-36-37-38-40-42-44-46-48-51-54-57-60-63-66-73(77)82-71(64-61-58-55-52-49-24-21-18-15-12-9-3)70(69-81-83(78,79)80-68-67-75(4,5)6)74-72(76)65-62-59-56-53-50-47-45-43-41-39-34-32-30-28-26-23-20-17-14-11-8-2/h11,14,19-20,22-23,27-30,33-35,37-39,43,45,61,64,70-71H,7-10,12-13,15-18,21,24-26,31-32,36,40-42,44,46-60,62-63,65-69H2,1-6H3,(H-,74,76,78,79)/b14-11-,22-19-,23-20-,29-27-,30-28-,35-33-,38-37-,39-34-,45-43-,64-61+. The maximum absolute atomic E-state index is 13.6. The van der Waals surface area contributed by atoms with E-state index >= 15 is 0 Å². The molecule has 0 aliphatic carbocycles. The number of amides is 1. The SMILES string of the molecule is CC/C=C\C/C=C\C/C=C\C/C=C\C/C=C\CCCCCCCC(=O)NC(COP(=O)([O-])OCC[N+](C)(C)C)C(/C=C/CCCCCCCCCCC)OC(=O)CCCCCCCCCCC/C=C\C/C=C\C/C=C\C/C=C\CCCCC. The number of allylic oxidation sites excluding steroid dienone is 19. The van der Waals surface area contributed by atoms with Gasteiger partial charge in [0, 0.05) is 12.8 Å². The fraction of sp³-hybridized carbons (Fsp3) is 0.699. The molecule has 1 amide bonds. The van der Waals surface area contributed by atoms with E-state index in [1.165, 1.54) is 103 Å². The number of carbonyl (C=O) groups is 2. The zero-order valence-corrected chi connectivity index (χ0v) is 55.3. The first kappa shape index (κ1) is 79.4. The number of ether oxygens (including phenoxy) is 1. The summed E-state index contributed by atoms with van der Waals surface area (Å²) in [6, 6.07) is -0.910. The van der Waals surface area contributed by atoms with Gasteiger partial charge in [-0.05, 0) is 122 Å². The maximum Gasteiger partial charge on any atom is 0.306 e. The molecule has 0 aromatic carbocycles. The molecule has 0 rings (SSSR count). The van der Waals surface area contributed by atoms with Gasteiger partial charge in [0.25, 0.3) is 7.82 Å². The van der Waals surface area contributed by atoms with Gasteiger partial charge in [-0.3, -0.25) is 14.2 Å². The highest BCUT2D eigenvalue weighted by atomic mass is 31.2. The Hall–Kier alpha value is -3.59. The normalized spacial score (nSPS) is 14.3. The molecule has 0 bridgehead atoms. The summed E-state index contributed by atoms with van der Waals surface area (Å²) in [6.45, 7) is 6.67. The number of phosphoric acid groups is 1. The molecule has 0 aromatic rings. The predicted octanol–water partition coefficient (Wildman–Crippen LogP) is 20.8. The summed E-state index contributed by atoms with van der Waals surface area (Å²) in [4.78, 5) is 40.1. The summed E-state index contributed by atoms with van der Waals surface area (Å²) >= 11 is 0. The summed E-state index contributed by atoms with van der Waals surface area (Å²) in [5.74, 6) is -0.575. The average Bonchev–Trinajstić information content (AvgIpc) is 3.51. The van der Waals surface area contributed by atoms with Gasteiger partial charge in [-0.1, -0.05) is 265 Å². The fourth-order valence-corrected chi connectivity index (χ4v) is 9.90. The Morgan fingerprint density at radius 3 is 1.18 bits per heavy atom. The summed E-state index contributed by atoms with van der Waals surface area (Å²) in [6.07, 6.45) is 86.0. The lowest BCUT2D eigenvalue weighted by Gasteiger charge is -2.30. The van der Waals surface area contributed by atoms with Crippen molar-refractivity contribution in [1.82, 2.24) is 5.32 Å². The van der Waals surface area contributed by atoms with Gasteiger partial charge < -0.3 is 28.5 Å². The first-order chi connectivity index (χ1) is 40.4. The Balaban J connectivity index is 5.15. The molecule has 3 atom stereocenters. The van der Waals surface area contributed by atoms with E-state index in [0.717, 1.165) is 128 Å². The Morgan fingerprint density at radius 1 is 0.434 bits per heavy atom. The Morgan fingerprint density at radius 2 is 0.771 bits per heavy atom. The van der Waals surface area contributed by atoms with Crippen molar-refractivity contribution in [2.75, 3.05) is 40.9 Å². The van der Waals surface area contributed by atoms with E-state index in [9.17, 15) is 19.0 Å². The molecule has 0 aromatic heterocycles. The first-order valence-corrected chi connectivity index (χ1v) is 35.3. The molecule has 0 spiro atoms. The van der Waals surface area contributed by atoms with Crippen molar-refractivity contribution in [3.8, 4) is 0 Å². The molecule has 0 saturated carbocycles. The maximum atomic E-state index is 13.6. The van der Waals surface area contributed by atoms with E-state index in [4.69, 9.17) is 13.8 Å². The van der Waals surface area contributed by atoms with Crippen LogP contribution in [0.4, 0.5) is 0 Å². The number of phosphoric ester groups is 1. The molecule has 3 unspecified atom stereocenters. The van der Waals surface area contributed by atoms with Crippen LogP contribution < -0.4 is 10.2 Å². The summed E-state index contributed by atoms with van der Waals surface area (Å²) in [7, 11) is 1.15. The summed E-state index contributed by atoms with van der Waals surface area (Å²) in [5, 5.41) is 3.02. The fourth-order valence-electron chi connectivity index (χ4n) is 9.18. The molecule has 0 saturated heterocycles. The quantitative estimate of drug-likeness (QED) is 0.0212. The van der Waals surface area contributed by atoms with Gasteiger partial charge in [0.05, 0.1) is 33.8 Å². The van der Waals surface area contributed by atoms with Crippen molar-refractivity contribution in [1.29, 1.82) is 0 Å². The summed E-state index contributed by atoms with van der Waals surface area (Å²) < 4.78 is 30.4. The van der Waals surface area contributed by atoms with Crippen molar-refractivity contribution in [2.24, 2.45) is 0 Å². The van der Waals surface area contributed by atoms with Crippen LogP contribution in [0.25, 0.3) is 0 Å². The third-order valence-electron chi connectivity index (χ3n) is 14.4. The number of nitrogens with zero attached hydrogens (tertiary/aromatic N) is 1. The van der Waals surface area contributed by atoms with E-state index in [-0.39, 0.29) is 31.3 Å². The van der Waals surface area contributed by atoms with E-state index < -0.39 is 26.6 Å². The van der Waals surface area contributed by atoms with Crippen LogP contribution in [0.15, 0.2) is 122 Å². The minimum atomic E-state index is -4.72. The lowest BCUT2D eigenvalue weighted by atomic mass is 10.1. The highest BCUT2D eigenvalue weighted by Gasteiger charge is 2.27. The van der Waals surface area contributed by atoms with Gasteiger partial charge in [0.1, 0.15) is 19.3 Å². The number of esters is 1. The van der Waals surface area contributed by atoms with Crippen molar-refractivity contribution in [3.05, 3.63) is 122 Å². The molecule has 1 N–H and O–H groups in total. The zero-order valence-electron chi connectivity index (χ0n) is 54.4. The van der Waals surface area contributed by atoms with Crippen LogP contribution in [-0.2, 0) is 27.9 Å².